The van der Waals surface area contributed by atoms with E-state index in [2.05, 4.69) is 105 Å². The number of hydrogen-bond acceptors (Lipinski definition) is 1. The Hall–Kier alpha value is -2.36. The smallest absolute Gasteiger partial charge is 0.0907 e. The second-order valence-electron chi connectivity index (χ2n) is 6.17. The number of ether oxygens (including phenoxy) is 1. The number of hydrogen-bond donors (Lipinski definition) is 0. The number of benzene rings is 4. The summed E-state index contributed by atoms with van der Waals surface area (Å²) in [7, 11) is 0. The van der Waals surface area contributed by atoms with E-state index in [-0.39, 0.29) is 0 Å². The van der Waals surface area contributed by atoms with Gasteiger partial charge in [0.15, 0.2) is 0 Å². The van der Waals surface area contributed by atoms with E-state index >= 15 is 0 Å². The third-order valence-corrected chi connectivity index (χ3v) is 5.39. The molecule has 0 radical (unpaired) electrons. The Labute approximate surface area is 175 Å². The molecule has 0 unspecified atom stereocenters. The lowest BCUT2D eigenvalue weighted by Crippen LogP contribution is -1.80. The quantitative estimate of drug-likeness (QED) is 0.268. The molecule has 0 bridgehead atoms. The predicted octanol–water partition coefficient (Wildman–Crippen LogP) is 8.18. The molecule has 0 saturated carbocycles. The Morgan fingerprint density at radius 3 is 1.56 bits per heavy atom. The van der Waals surface area contributed by atoms with E-state index in [1.807, 2.05) is 12.2 Å². The molecule has 0 aliphatic carbocycles. The van der Waals surface area contributed by atoms with E-state index in [1.54, 1.807) is 12.5 Å². The third-order valence-electron chi connectivity index (χ3n) is 4.40. The van der Waals surface area contributed by atoms with Crippen molar-refractivity contribution in [3.05, 3.63) is 105 Å². The molecular formula is C24H16Br2O. The molecule has 27 heavy (non-hydrogen) atoms. The normalized spacial score (nSPS) is 11.8. The minimum atomic E-state index is 1.08. The molecule has 0 saturated heterocycles. The molecule has 3 heteroatoms. The lowest BCUT2D eigenvalue weighted by atomic mass is 10.0. The lowest BCUT2D eigenvalue weighted by Gasteiger charge is -2.03. The fraction of sp³-hybridized carbons (Fsp3) is 0. The summed E-state index contributed by atoms with van der Waals surface area (Å²) in [5, 5.41) is 4.79. The lowest BCUT2D eigenvalue weighted by molar-refractivity contribution is 0.410. The highest BCUT2D eigenvalue weighted by molar-refractivity contribution is 9.10. The molecule has 0 amide bonds. The first kappa shape index (κ1) is 18.0. The number of fused-ring (bicyclic) bond motifs is 2. The Morgan fingerprint density at radius 1 is 0.593 bits per heavy atom. The van der Waals surface area contributed by atoms with Gasteiger partial charge in [-0.25, -0.2) is 0 Å². The predicted molar refractivity (Wildman–Crippen MR) is 122 cm³/mol. The highest BCUT2D eigenvalue weighted by atomic mass is 79.9. The zero-order chi connectivity index (χ0) is 18.6. The minimum Gasteiger partial charge on any atom is -0.473 e. The van der Waals surface area contributed by atoms with Gasteiger partial charge in [0.05, 0.1) is 12.5 Å². The SMILES string of the molecule is Brc1ccc2c(C=COC=Cc3cccc4cc(Br)ccc34)cccc2c1. The molecule has 4 aromatic carbocycles. The maximum absolute atomic E-state index is 5.61. The van der Waals surface area contributed by atoms with Gasteiger partial charge in [-0.2, -0.15) is 0 Å². The summed E-state index contributed by atoms with van der Waals surface area (Å²) in [5.74, 6) is 0. The van der Waals surface area contributed by atoms with Crippen molar-refractivity contribution < 1.29 is 4.74 Å². The molecule has 132 valence electrons. The Morgan fingerprint density at radius 2 is 1.07 bits per heavy atom. The van der Waals surface area contributed by atoms with Gasteiger partial charge in [0.2, 0.25) is 0 Å². The summed E-state index contributed by atoms with van der Waals surface area (Å²) in [6, 6.07) is 25.1. The van der Waals surface area contributed by atoms with Crippen LogP contribution in [0.1, 0.15) is 11.1 Å². The highest BCUT2D eigenvalue weighted by Gasteiger charge is 1.99. The molecule has 0 N–H and O–H groups in total. The highest BCUT2D eigenvalue weighted by Crippen LogP contribution is 2.25. The van der Waals surface area contributed by atoms with Gasteiger partial charge in [0.25, 0.3) is 0 Å². The van der Waals surface area contributed by atoms with Crippen LogP contribution in [0.15, 0.2) is 94.3 Å². The van der Waals surface area contributed by atoms with E-state index in [9.17, 15) is 0 Å². The average molecular weight is 480 g/mol. The van der Waals surface area contributed by atoms with Gasteiger partial charge in [-0.1, -0.05) is 80.4 Å². The largest absolute Gasteiger partial charge is 0.473 e. The van der Waals surface area contributed by atoms with Crippen molar-refractivity contribution in [2.45, 2.75) is 0 Å². The van der Waals surface area contributed by atoms with E-state index in [0.29, 0.717) is 0 Å². The molecule has 0 fully saturated rings. The first-order valence-corrected chi connectivity index (χ1v) is 10.1. The van der Waals surface area contributed by atoms with Crippen LogP contribution in [-0.4, -0.2) is 0 Å². The van der Waals surface area contributed by atoms with E-state index < -0.39 is 0 Å². The first-order chi connectivity index (χ1) is 13.2. The first-order valence-electron chi connectivity index (χ1n) is 8.56. The van der Waals surface area contributed by atoms with Crippen molar-refractivity contribution in [2.24, 2.45) is 0 Å². The summed E-state index contributed by atoms with van der Waals surface area (Å²) in [5.41, 5.74) is 2.26. The summed E-state index contributed by atoms with van der Waals surface area (Å²) in [6.07, 6.45) is 7.41. The second-order valence-corrected chi connectivity index (χ2v) is 8.00. The molecule has 4 rings (SSSR count). The van der Waals surface area contributed by atoms with E-state index in [0.717, 1.165) is 20.1 Å². The van der Waals surface area contributed by atoms with E-state index in [1.165, 1.54) is 21.5 Å². The van der Waals surface area contributed by atoms with Crippen molar-refractivity contribution in [3.8, 4) is 0 Å². The van der Waals surface area contributed by atoms with Crippen LogP contribution in [0.4, 0.5) is 0 Å². The Kier molecular flexibility index (Phi) is 5.42. The van der Waals surface area contributed by atoms with Crippen LogP contribution in [0.2, 0.25) is 0 Å². The van der Waals surface area contributed by atoms with Crippen LogP contribution in [0.3, 0.4) is 0 Å². The van der Waals surface area contributed by atoms with E-state index in [4.69, 9.17) is 4.74 Å². The van der Waals surface area contributed by atoms with Gasteiger partial charge in [-0.15, -0.1) is 0 Å². The monoisotopic (exact) mass is 478 g/mol. The van der Waals surface area contributed by atoms with Crippen LogP contribution in [-0.2, 0) is 4.74 Å². The molecule has 1 nitrogen and oxygen atoms in total. The fourth-order valence-corrected chi connectivity index (χ4v) is 3.88. The summed E-state index contributed by atoms with van der Waals surface area (Å²) in [6.45, 7) is 0. The molecule has 0 atom stereocenters. The topological polar surface area (TPSA) is 9.23 Å². The Bertz CT molecular complexity index is 1080. The van der Waals surface area contributed by atoms with Crippen molar-refractivity contribution in [1.29, 1.82) is 0 Å². The van der Waals surface area contributed by atoms with Crippen LogP contribution >= 0.6 is 31.9 Å². The molecule has 4 aromatic rings. The summed E-state index contributed by atoms with van der Waals surface area (Å²) >= 11 is 7.04. The zero-order valence-corrected chi connectivity index (χ0v) is 17.6. The molecule has 0 aromatic heterocycles. The second kappa shape index (κ2) is 8.12. The molecule has 0 spiro atoms. The third kappa shape index (κ3) is 4.15. The van der Waals surface area contributed by atoms with Gasteiger partial charge in [-0.05, 0) is 69.1 Å². The van der Waals surface area contributed by atoms with Gasteiger partial charge >= 0.3 is 0 Å². The van der Waals surface area contributed by atoms with Gasteiger partial charge < -0.3 is 4.74 Å². The maximum Gasteiger partial charge on any atom is 0.0907 e. The minimum absolute atomic E-state index is 1.08. The van der Waals surface area contributed by atoms with Gasteiger partial charge in [0, 0.05) is 8.95 Å². The summed E-state index contributed by atoms with van der Waals surface area (Å²) in [4.78, 5) is 0. The van der Waals surface area contributed by atoms with Crippen molar-refractivity contribution in [1.82, 2.24) is 0 Å². The van der Waals surface area contributed by atoms with Crippen LogP contribution in [0.25, 0.3) is 33.7 Å². The number of halogens is 2. The standard InChI is InChI=1S/C24H16Br2O/c25-21-7-9-23-17(3-1-5-19(23)15-21)11-13-27-14-12-18-4-2-6-20-16-22(26)8-10-24(18)20/h1-16H. The van der Waals surface area contributed by atoms with Crippen molar-refractivity contribution in [3.63, 3.8) is 0 Å². The van der Waals surface area contributed by atoms with Crippen molar-refractivity contribution >= 4 is 65.6 Å². The van der Waals surface area contributed by atoms with Gasteiger partial charge in [0.1, 0.15) is 0 Å². The summed E-state index contributed by atoms with van der Waals surface area (Å²) < 4.78 is 7.77. The van der Waals surface area contributed by atoms with Crippen LogP contribution in [0.5, 0.6) is 0 Å². The Balaban J connectivity index is 1.52. The van der Waals surface area contributed by atoms with Crippen LogP contribution < -0.4 is 0 Å². The maximum atomic E-state index is 5.61. The molecule has 0 aliphatic rings. The van der Waals surface area contributed by atoms with Crippen molar-refractivity contribution in [2.75, 3.05) is 0 Å². The fourth-order valence-electron chi connectivity index (χ4n) is 3.12. The molecular weight excluding hydrogens is 464 g/mol. The van der Waals surface area contributed by atoms with Gasteiger partial charge in [-0.3, -0.25) is 0 Å². The zero-order valence-electron chi connectivity index (χ0n) is 14.4. The molecule has 0 aliphatic heterocycles. The van der Waals surface area contributed by atoms with Crippen LogP contribution in [0, 0.1) is 0 Å². The number of rotatable bonds is 4. The average Bonchev–Trinajstić information content (AvgIpc) is 2.67. The molecule has 0 heterocycles.